The summed E-state index contributed by atoms with van der Waals surface area (Å²) < 4.78 is 0. The molecule has 15 heavy (non-hydrogen) atoms. The largest absolute Gasteiger partial charge is 0.305 e. The van der Waals surface area contributed by atoms with E-state index in [4.69, 9.17) is 0 Å². The highest BCUT2D eigenvalue weighted by molar-refractivity contribution is 9.09. The molecule has 0 aliphatic carbocycles. The van der Waals surface area contributed by atoms with Gasteiger partial charge in [-0.05, 0) is 52.4 Å². The summed E-state index contributed by atoms with van der Waals surface area (Å²) in [6.45, 7) is 7.33. The summed E-state index contributed by atoms with van der Waals surface area (Å²) >= 11 is 3.48. The van der Waals surface area contributed by atoms with E-state index in [1.54, 1.807) is 0 Å². The van der Waals surface area contributed by atoms with Gasteiger partial charge in [0.05, 0.1) is 0 Å². The second kappa shape index (κ2) is 7.64. The van der Waals surface area contributed by atoms with Gasteiger partial charge in [0.15, 0.2) is 0 Å². The maximum atomic E-state index is 3.48. The van der Waals surface area contributed by atoms with Crippen LogP contribution in [0.4, 0.5) is 0 Å². The number of rotatable bonds is 7. The zero-order valence-corrected chi connectivity index (χ0v) is 11.8. The molecule has 1 atom stereocenters. The molecule has 0 aromatic rings. The SMILES string of the molecule is CCN1CCCC1CN(C)CCCCBr. The molecule has 2 nitrogen and oxygen atoms in total. The molecule has 3 heteroatoms. The van der Waals surface area contributed by atoms with Gasteiger partial charge < -0.3 is 4.90 Å². The second-order valence-electron chi connectivity index (χ2n) is 4.58. The van der Waals surface area contributed by atoms with Crippen LogP contribution in [0, 0.1) is 0 Å². The van der Waals surface area contributed by atoms with Crippen LogP contribution in [0.2, 0.25) is 0 Å². The summed E-state index contributed by atoms with van der Waals surface area (Å²) in [7, 11) is 2.26. The van der Waals surface area contributed by atoms with E-state index >= 15 is 0 Å². The average molecular weight is 277 g/mol. The Balaban J connectivity index is 2.15. The molecular weight excluding hydrogens is 252 g/mol. The summed E-state index contributed by atoms with van der Waals surface area (Å²) in [6, 6.07) is 0.823. The monoisotopic (exact) mass is 276 g/mol. The molecule has 0 spiro atoms. The quantitative estimate of drug-likeness (QED) is 0.521. The van der Waals surface area contributed by atoms with Gasteiger partial charge in [-0.25, -0.2) is 0 Å². The maximum Gasteiger partial charge on any atom is 0.0223 e. The molecule has 0 radical (unpaired) electrons. The predicted molar refractivity (Wildman–Crippen MR) is 70.8 cm³/mol. The first-order chi connectivity index (χ1) is 7.27. The third-order valence-corrected chi connectivity index (χ3v) is 3.91. The van der Waals surface area contributed by atoms with E-state index in [0.717, 1.165) is 11.4 Å². The molecule has 1 unspecified atom stereocenters. The molecule has 0 amide bonds. The van der Waals surface area contributed by atoms with E-state index in [9.17, 15) is 0 Å². The molecule has 1 fully saturated rings. The van der Waals surface area contributed by atoms with Gasteiger partial charge in [0.1, 0.15) is 0 Å². The van der Waals surface area contributed by atoms with E-state index < -0.39 is 0 Å². The molecule has 1 aliphatic rings. The number of likely N-dealkylation sites (N-methyl/N-ethyl adjacent to an activating group) is 2. The fourth-order valence-electron chi connectivity index (χ4n) is 2.45. The fraction of sp³-hybridized carbons (Fsp3) is 1.00. The van der Waals surface area contributed by atoms with Gasteiger partial charge in [0.25, 0.3) is 0 Å². The third-order valence-electron chi connectivity index (χ3n) is 3.35. The Hall–Kier alpha value is 0.400. The van der Waals surface area contributed by atoms with E-state index in [1.807, 2.05) is 0 Å². The van der Waals surface area contributed by atoms with Crippen molar-refractivity contribution in [2.45, 2.75) is 38.6 Å². The van der Waals surface area contributed by atoms with Crippen LogP contribution >= 0.6 is 15.9 Å². The van der Waals surface area contributed by atoms with Crippen LogP contribution in [0.25, 0.3) is 0 Å². The average Bonchev–Trinajstić information content (AvgIpc) is 2.65. The molecule has 1 aliphatic heterocycles. The summed E-state index contributed by atoms with van der Waals surface area (Å²) in [6.07, 6.45) is 5.41. The second-order valence-corrected chi connectivity index (χ2v) is 5.38. The van der Waals surface area contributed by atoms with Crippen molar-refractivity contribution in [3.63, 3.8) is 0 Å². The van der Waals surface area contributed by atoms with Crippen molar-refractivity contribution in [3.8, 4) is 0 Å². The maximum absolute atomic E-state index is 3.48. The van der Waals surface area contributed by atoms with Crippen LogP contribution in [0.3, 0.4) is 0 Å². The van der Waals surface area contributed by atoms with Crippen LogP contribution in [0.5, 0.6) is 0 Å². The molecule has 1 heterocycles. The Kier molecular flexibility index (Phi) is 6.86. The summed E-state index contributed by atoms with van der Waals surface area (Å²) in [4.78, 5) is 5.13. The van der Waals surface area contributed by atoms with Gasteiger partial charge in [0.2, 0.25) is 0 Å². The van der Waals surface area contributed by atoms with Gasteiger partial charge in [-0.15, -0.1) is 0 Å². The van der Waals surface area contributed by atoms with E-state index in [2.05, 4.69) is 39.7 Å². The number of hydrogen-bond donors (Lipinski definition) is 0. The first-order valence-corrected chi connectivity index (χ1v) is 7.38. The Bertz CT molecular complexity index is 164. The van der Waals surface area contributed by atoms with Crippen molar-refractivity contribution in [1.82, 2.24) is 9.80 Å². The lowest BCUT2D eigenvalue weighted by atomic mass is 10.2. The first-order valence-electron chi connectivity index (χ1n) is 6.26. The molecule has 0 saturated carbocycles. The Morgan fingerprint density at radius 2 is 2.20 bits per heavy atom. The standard InChI is InChI=1S/C12H25BrN2/c1-3-15-10-6-7-12(15)11-14(2)9-5-4-8-13/h12H,3-11H2,1-2H3. The highest BCUT2D eigenvalue weighted by atomic mass is 79.9. The lowest BCUT2D eigenvalue weighted by Gasteiger charge is -2.27. The molecule has 1 rings (SSSR count). The Morgan fingerprint density at radius 3 is 2.87 bits per heavy atom. The first kappa shape index (κ1) is 13.5. The van der Waals surface area contributed by atoms with Gasteiger partial charge in [-0.2, -0.15) is 0 Å². The predicted octanol–water partition coefficient (Wildman–Crippen LogP) is 2.58. The van der Waals surface area contributed by atoms with Gasteiger partial charge in [0, 0.05) is 17.9 Å². The minimum atomic E-state index is 0.823. The minimum Gasteiger partial charge on any atom is -0.305 e. The van der Waals surface area contributed by atoms with E-state index in [1.165, 1.54) is 51.9 Å². The highest BCUT2D eigenvalue weighted by Gasteiger charge is 2.23. The van der Waals surface area contributed by atoms with Crippen molar-refractivity contribution in [3.05, 3.63) is 0 Å². The topological polar surface area (TPSA) is 6.48 Å². The van der Waals surface area contributed by atoms with Crippen LogP contribution in [-0.4, -0.2) is 54.4 Å². The number of likely N-dealkylation sites (tertiary alicyclic amines) is 1. The van der Waals surface area contributed by atoms with Gasteiger partial charge >= 0.3 is 0 Å². The number of alkyl halides is 1. The fourth-order valence-corrected chi connectivity index (χ4v) is 2.84. The van der Waals surface area contributed by atoms with E-state index in [-0.39, 0.29) is 0 Å². The normalized spacial score (nSPS) is 22.8. The minimum absolute atomic E-state index is 0.823. The number of hydrogen-bond acceptors (Lipinski definition) is 2. The van der Waals surface area contributed by atoms with Crippen molar-refractivity contribution in [1.29, 1.82) is 0 Å². The number of unbranched alkanes of at least 4 members (excludes halogenated alkanes) is 1. The van der Waals surface area contributed by atoms with E-state index in [0.29, 0.717) is 0 Å². The van der Waals surface area contributed by atoms with Crippen molar-refractivity contribution < 1.29 is 0 Å². The summed E-state index contributed by atoms with van der Waals surface area (Å²) in [5, 5.41) is 1.14. The van der Waals surface area contributed by atoms with Crippen LogP contribution in [0.1, 0.15) is 32.6 Å². The molecule has 90 valence electrons. The number of halogens is 1. The van der Waals surface area contributed by atoms with Crippen LogP contribution in [0.15, 0.2) is 0 Å². The van der Waals surface area contributed by atoms with Crippen LogP contribution in [-0.2, 0) is 0 Å². The zero-order valence-electron chi connectivity index (χ0n) is 10.2. The molecule has 0 bridgehead atoms. The highest BCUT2D eigenvalue weighted by Crippen LogP contribution is 2.17. The Labute approximate surface area is 103 Å². The van der Waals surface area contributed by atoms with Crippen molar-refractivity contribution in [2.75, 3.05) is 38.6 Å². The molecular formula is C12H25BrN2. The third kappa shape index (κ3) is 4.83. The summed E-state index contributed by atoms with van der Waals surface area (Å²) in [5.74, 6) is 0. The number of nitrogens with zero attached hydrogens (tertiary/aromatic N) is 2. The molecule has 0 N–H and O–H groups in total. The van der Waals surface area contributed by atoms with Crippen molar-refractivity contribution in [2.24, 2.45) is 0 Å². The lowest BCUT2D eigenvalue weighted by Crippen LogP contribution is -2.39. The van der Waals surface area contributed by atoms with Crippen molar-refractivity contribution >= 4 is 15.9 Å². The lowest BCUT2D eigenvalue weighted by molar-refractivity contribution is 0.197. The van der Waals surface area contributed by atoms with Gasteiger partial charge in [-0.3, -0.25) is 4.90 Å². The Morgan fingerprint density at radius 1 is 1.40 bits per heavy atom. The molecule has 0 aromatic heterocycles. The van der Waals surface area contributed by atoms with Gasteiger partial charge in [-0.1, -0.05) is 22.9 Å². The summed E-state index contributed by atoms with van der Waals surface area (Å²) in [5.41, 5.74) is 0. The zero-order chi connectivity index (χ0) is 11.1. The van der Waals surface area contributed by atoms with Crippen LogP contribution < -0.4 is 0 Å². The molecule has 1 saturated heterocycles. The smallest absolute Gasteiger partial charge is 0.0223 e. The molecule has 0 aromatic carbocycles.